The largest absolute Gasteiger partial charge is 0.486 e. The van der Waals surface area contributed by atoms with Gasteiger partial charge in [0.1, 0.15) is 6.61 Å². The Kier molecular flexibility index (Phi) is 4.85. The van der Waals surface area contributed by atoms with E-state index in [1.54, 1.807) is 0 Å². The molecule has 0 unspecified atom stereocenters. The van der Waals surface area contributed by atoms with Crippen LogP contribution in [0.15, 0.2) is 24.3 Å². The number of nitrogens with zero attached hydrogens (tertiary/aromatic N) is 1. The Morgan fingerprint density at radius 1 is 1.37 bits per heavy atom. The third-order valence-corrected chi connectivity index (χ3v) is 3.39. The van der Waals surface area contributed by atoms with Crippen LogP contribution in [0.1, 0.15) is 13.8 Å². The zero-order valence-corrected chi connectivity index (χ0v) is 12.2. The molecule has 0 amide bonds. The van der Waals surface area contributed by atoms with E-state index in [4.69, 9.17) is 21.7 Å². The van der Waals surface area contributed by atoms with Crippen molar-refractivity contribution in [1.82, 2.24) is 10.2 Å². The third kappa shape index (κ3) is 3.50. The fourth-order valence-corrected chi connectivity index (χ4v) is 2.37. The van der Waals surface area contributed by atoms with Crippen LogP contribution >= 0.6 is 12.2 Å². The fraction of sp³-hybridized carbons (Fsp3) is 0.500. The van der Waals surface area contributed by atoms with Gasteiger partial charge in [0.05, 0.1) is 6.54 Å². The molecular formula is C14H20N2O2S. The van der Waals surface area contributed by atoms with E-state index in [0.29, 0.717) is 6.61 Å². The van der Waals surface area contributed by atoms with Crippen molar-refractivity contribution in [2.45, 2.75) is 20.0 Å². The van der Waals surface area contributed by atoms with Crippen LogP contribution in [-0.4, -0.2) is 42.4 Å². The first-order chi connectivity index (χ1) is 9.24. The van der Waals surface area contributed by atoms with Crippen LogP contribution in [0.4, 0.5) is 0 Å². The van der Waals surface area contributed by atoms with Crippen molar-refractivity contribution in [3.8, 4) is 11.5 Å². The molecule has 0 aliphatic carbocycles. The molecule has 0 fully saturated rings. The molecule has 0 bridgehead atoms. The molecule has 0 aromatic heterocycles. The third-order valence-electron chi connectivity index (χ3n) is 2.99. The number of nitrogens with one attached hydrogen (secondary N) is 1. The number of hydrogen-bond acceptors (Lipinski definition) is 3. The van der Waals surface area contributed by atoms with Crippen LogP contribution in [0.25, 0.3) is 0 Å². The van der Waals surface area contributed by atoms with Crippen LogP contribution < -0.4 is 14.8 Å². The molecule has 0 spiro atoms. The first-order valence-corrected chi connectivity index (χ1v) is 7.06. The summed E-state index contributed by atoms with van der Waals surface area (Å²) in [6.45, 7) is 7.10. The highest BCUT2D eigenvalue weighted by Crippen LogP contribution is 2.30. The number of para-hydroxylation sites is 2. The lowest BCUT2D eigenvalue weighted by atomic mass is 10.2. The molecule has 1 aliphatic rings. The molecule has 1 N–H and O–H groups in total. The van der Waals surface area contributed by atoms with Crippen molar-refractivity contribution < 1.29 is 9.47 Å². The van der Waals surface area contributed by atoms with E-state index in [2.05, 4.69) is 17.1 Å². The Hall–Kier alpha value is -1.49. The van der Waals surface area contributed by atoms with Gasteiger partial charge in [-0.05, 0) is 38.2 Å². The maximum atomic E-state index is 5.94. The molecule has 1 heterocycles. The summed E-state index contributed by atoms with van der Waals surface area (Å²) in [6.07, 6.45) is 0.00598. The molecule has 5 heteroatoms. The van der Waals surface area contributed by atoms with Crippen LogP contribution in [0.3, 0.4) is 0 Å². The van der Waals surface area contributed by atoms with Crippen molar-refractivity contribution in [3.63, 3.8) is 0 Å². The quantitative estimate of drug-likeness (QED) is 0.854. The summed E-state index contributed by atoms with van der Waals surface area (Å²) in [6, 6.07) is 7.75. The summed E-state index contributed by atoms with van der Waals surface area (Å²) in [5.74, 6) is 1.63. The van der Waals surface area contributed by atoms with E-state index in [0.717, 1.165) is 36.2 Å². The van der Waals surface area contributed by atoms with Crippen molar-refractivity contribution in [3.05, 3.63) is 24.3 Å². The first-order valence-electron chi connectivity index (χ1n) is 6.65. The number of benzene rings is 1. The second-order valence-electron chi connectivity index (χ2n) is 4.37. The van der Waals surface area contributed by atoms with Crippen LogP contribution in [0, 0.1) is 0 Å². The lowest BCUT2D eigenvalue weighted by Gasteiger charge is -2.32. The van der Waals surface area contributed by atoms with Crippen molar-refractivity contribution in [2.24, 2.45) is 0 Å². The number of thiocarbonyl (C=S) groups is 1. The van der Waals surface area contributed by atoms with Crippen LogP contribution in [-0.2, 0) is 0 Å². The van der Waals surface area contributed by atoms with Gasteiger partial charge in [0.15, 0.2) is 22.7 Å². The zero-order chi connectivity index (χ0) is 13.7. The highest BCUT2D eigenvalue weighted by atomic mass is 32.1. The molecule has 19 heavy (non-hydrogen) atoms. The second kappa shape index (κ2) is 6.61. The minimum atomic E-state index is 0.00598. The van der Waals surface area contributed by atoms with Crippen LogP contribution in [0.5, 0.6) is 11.5 Å². The number of hydrogen-bond donors (Lipinski definition) is 1. The average molecular weight is 280 g/mol. The van der Waals surface area contributed by atoms with Gasteiger partial charge in [0, 0.05) is 13.1 Å². The van der Waals surface area contributed by atoms with Gasteiger partial charge in [-0.25, -0.2) is 0 Å². The van der Waals surface area contributed by atoms with Gasteiger partial charge in [0.25, 0.3) is 0 Å². The number of fused-ring (bicyclic) bond motifs is 1. The summed E-state index contributed by atoms with van der Waals surface area (Å²) >= 11 is 5.34. The maximum Gasteiger partial charge on any atom is 0.169 e. The average Bonchev–Trinajstić information content (AvgIpc) is 2.44. The van der Waals surface area contributed by atoms with Gasteiger partial charge in [0.2, 0.25) is 0 Å². The van der Waals surface area contributed by atoms with Gasteiger partial charge >= 0.3 is 0 Å². The van der Waals surface area contributed by atoms with E-state index in [1.807, 2.05) is 31.2 Å². The highest BCUT2D eigenvalue weighted by molar-refractivity contribution is 7.80. The highest BCUT2D eigenvalue weighted by Gasteiger charge is 2.23. The van der Waals surface area contributed by atoms with E-state index in [-0.39, 0.29) is 6.10 Å². The SMILES string of the molecule is CCNC(=S)N(CC)C[C@@H]1COc2ccccc2O1. The number of ether oxygens (including phenoxy) is 2. The second-order valence-corrected chi connectivity index (χ2v) is 4.76. The van der Waals surface area contributed by atoms with Gasteiger partial charge < -0.3 is 19.7 Å². The van der Waals surface area contributed by atoms with Gasteiger partial charge in [-0.3, -0.25) is 0 Å². The number of rotatable bonds is 4. The minimum absolute atomic E-state index is 0.00598. The minimum Gasteiger partial charge on any atom is -0.486 e. The predicted octanol–water partition coefficient (Wildman–Crippen LogP) is 2.04. The Balaban J connectivity index is 1.95. The van der Waals surface area contributed by atoms with Gasteiger partial charge in [-0.15, -0.1) is 0 Å². The first kappa shape index (κ1) is 13.9. The van der Waals surface area contributed by atoms with Crippen molar-refractivity contribution in [2.75, 3.05) is 26.2 Å². The number of likely N-dealkylation sites (N-methyl/N-ethyl adjacent to an activating group) is 1. The lowest BCUT2D eigenvalue weighted by Crippen LogP contribution is -2.47. The molecule has 0 saturated carbocycles. The molecule has 2 rings (SSSR count). The normalized spacial score (nSPS) is 16.8. The summed E-state index contributed by atoms with van der Waals surface area (Å²) in [7, 11) is 0. The van der Waals surface area contributed by atoms with Crippen molar-refractivity contribution in [1.29, 1.82) is 0 Å². The Bertz CT molecular complexity index is 439. The zero-order valence-electron chi connectivity index (χ0n) is 11.4. The topological polar surface area (TPSA) is 33.7 Å². The summed E-state index contributed by atoms with van der Waals surface area (Å²) in [5, 5.41) is 3.94. The van der Waals surface area contributed by atoms with Crippen LogP contribution in [0.2, 0.25) is 0 Å². The molecule has 4 nitrogen and oxygen atoms in total. The van der Waals surface area contributed by atoms with E-state index in [1.165, 1.54) is 0 Å². The smallest absolute Gasteiger partial charge is 0.169 e. The molecule has 1 aromatic carbocycles. The summed E-state index contributed by atoms with van der Waals surface area (Å²) in [4.78, 5) is 2.10. The molecule has 0 saturated heterocycles. The molecule has 1 aromatic rings. The van der Waals surface area contributed by atoms with E-state index < -0.39 is 0 Å². The molecule has 1 aliphatic heterocycles. The summed E-state index contributed by atoms with van der Waals surface area (Å²) < 4.78 is 11.6. The van der Waals surface area contributed by atoms with E-state index >= 15 is 0 Å². The lowest BCUT2D eigenvalue weighted by molar-refractivity contribution is 0.0748. The fourth-order valence-electron chi connectivity index (χ4n) is 2.02. The van der Waals surface area contributed by atoms with Gasteiger partial charge in [-0.1, -0.05) is 12.1 Å². The molecule has 104 valence electrons. The maximum absolute atomic E-state index is 5.94. The van der Waals surface area contributed by atoms with Gasteiger partial charge in [-0.2, -0.15) is 0 Å². The standard InChI is InChI=1S/C14H20N2O2S/c1-3-15-14(19)16(4-2)9-11-10-17-12-7-5-6-8-13(12)18-11/h5-8,11H,3-4,9-10H2,1-2H3,(H,15,19)/t11-/m1/s1. The predicted molar refractivity (Wildman–Crippen MR) is 79.9 cm³/mol. The molecule has 1 atom stereocenters. The molecular weight excluding hydrogens is 260 g/mol. The van der Waals surface area contributed by atoms with E-state index in [9.17, 15) is 0 Å². The Labute approximate surface area is 119 Å². The van der Waals surface area contributed by atoms with Crippen molar-refractivity contribution >= 4 is 17.3 Å². The molecule has 0 radical (unpaired) electrons. The summed E-state index contributed by atoms with van der Waals surface area (Å²) in [5.41, 5.74) is 0. The Morgan fingerprint density at radius 3 is 2.79 bits per heavy atom. The Morgan fingerprint density at radius 2 is 2.11 bits per heavy atom. The monoisotopic (exact) mass is 280 g/mol.